The molecule has 1 fully saturated rings. The molecule has 1 aromatic heterocycles. The molecule has 0 atom stereocenters. The minimum absolute atomic E-state index is 0.0869. The number of rotatable bonds is 9. The van der Waals surface area contributed by atoms with Crippen LogP contribution in [0, 0.1) is 0 Å². The van der Waals surface area contributed by atoms with Crippen molar-refractivity contribution in [2.24, 2.45) is 0 Å². The van der Waals surface area contributed by atoms with E-state index in [1.807, 2.05) is 114 Å². The quantitative estimate of drug-likeness (QED) is 0.125. The van der Waals surface area contributed by atoms with E-state index in [1.165, 1.54) is 17.3 Å². The average Bonchev–Trinajstić information content (AvgIpc) is 3.56. The molecule has 1 aliphatic rings. The van der Waals surface area contributed by atoms with Gasteiger partial charge in [-0.1, -0.05) is 114 Å². The second-order valence-corrected chi connectivity index (χ2v) is 11.8. The fourth-order valence-corrected chi connectivity index (χ4v) is 6.15. The number of thioether (sulfide) groups is 1. The highest BCUT2D eigenvalue weighted by atomic mass is 35.5. The van der Waals surface area contributed by atoms with E-state index in [2.05, 4.69) is 12.1 Å². The van der Waals surface area contributed by atoms with Gasteiger partial charge in [-0.15, -0.1) is 0 Å². The highest BCUT2D eigenvalue weighted by Gasteiger charge is 2.32. The topological polar surface area (TPSA) is 47.4 Å². The molecular weight excluding hydrogens is 582 g/mol. The molecule has 8 heteroatoms. The normalized spacial score (nSPS) is 14.1. The first-order chi connectivity index (χ1) is 20.5. The van der Waals surface area contributed by atoms with Crippen molar-refractivity contribution in [2.75, 3.05) is 6.54 Å². The van der Waals surface area contributed by atoms with Crippen molar-refractivity contribution in [3.05, 3.63) is 142 Å². The lowest BCUT2D eigenvalue weighted by Gasteiger charge is -2.14. The molecule has 2 heterocycles. The minimum atomic E-state index is -0.0869. The van der Waals surface area contributed by atoms with Gasteiger partial charge < -0.3 is 4.74 Å². The molecule has 1 aliphatic heterocycles. The van der Waals surface area contributed by atoms with E-state index >= 15 is 0 Å². The van der Waals surface area contributed by atoms with E-state index in [1.54, 1.807) is 4.90 Å². The van der Waals surface area contributed by atoms with Gasteiger partial charge in [0, 0.05) is 34.5 Å². The number of halogens is 1. The van der Waals surface area contributed by atoms with E-state index < -0.39 is 0 Å². The zero-order valence-corrected chi connectivity index (χ0v) is 24.9. The first kappa shape index (κ1) is 28.0. The molecule has 0 unspecified atom stereocenters. The monoisotopic (exact) mass is 607 g/mol. The fraction of sp³-hybridized carbons (Fsp3) is 0.0882. The highest BCUT2D eigenvalue weighted by molar-refractivity contribution is 8.26. The van der Waals surface area contributed by atoms with E-state index in [-0.39, 0.29) is 5.91 Å². The van der Waals surface area contributed by atoms with Crippen molar-refractivity contribution in [2.45, 2.75) is 13.0 Å². The standard InChI is InChI=1S/C34H26ClN3O2S2/c35-30-17-8-7-12-26(30)23-40-29-16-9-13-25(20-29)32-27(22-38(36-32)28-14-5-2-6-15-28)21-31-33(39)37(34(41)42-31)19-18-24-10-3-1-4-11-24/h1-17,20-22H,18-19,23H2. The van der Waals surface area contributed by atoms with Crippen LogP contribution in [0.5, 0.6) is 5.75 Å². The molecule has 42 heavy (non-hydrogen) atoms. The Bertz CT molecular complexity index is 1770. The third kappa shape index (κ3) is 6.34. The zero-order valence-electron chi connectivity index (χ0n) is 22.5. The Balaban J connectivity index is 1.30. The Morgan fingerprint density at radius 3 is 2.43 bits per heavy atom. The summed E-state index contributed by atoms with van der Waals surface area (Å²) in [5.41, 5.74) is 5.40. The van der Waals surface area contributed by atoms with Crippen molar-refractivity contribution in [1.82, 2.24) is 14.7 Å². The number of thiocarbonyl (C=S) groups is 1. The van der Waals surface area contributed by atoms with Crippen LogP contribution in [0.4, 0.5) is 0 Å². The fourth-order valence-electron chi connectivity index (χ4n) is 4.66. The van der Waals surface area contributed by atoms with Crippen LogP contribution in [0.25, 0.3) is 23.0 Å². The summed E-state index contributed by atoms with van der Waals surface area (Å²) in [4.78, 5) is 15.7. The van der Waals surface area contributed by atoms with Gasteiger partial charge in [-0.05, 0) is 48.4 Å². The van der Waals surface area contributed by atoms with Crippen LogP contribution < -0.4 is 4.74 Å². The molecule has 5 aromatic rings. The molecular formula is C34H26ClN3O2S2. The molecule has 0 saturated carbocycles. The van der Waals surface area contributed by atoms with Gasteiger partial charge in [-0.3, -0.25) is 9.69 Å². The molecule has 0 spiro atoms. The number of nitrogens with zero attached hydrogens (tertiary/aromatic N) is 3. The Hall–Kier alpha value is -4.17. The van der Waals surface area contributed by atoms with Crippen LogP contribution in [0.15, 0.2) is 120 Å². The van der Waals surface area contributed by atoms with Crippen LogP contribution in [0.1, 0.15) is 16.7 Å². The van der Waals surface area contributed by atoms with E-state index in [0.29, 0.717) is 33.1 Å². The summed E-state index contributed by atoms with van der Waals surface area (Å²) in [7, 11) is 0. The van der Waals surface area contributed by atoms with Gasteiger partial charge in [0.2, 0.25) is 0 Å². The number of ether oxygens (including phenoxy) is 1. The lowest BCUT2D eigenvalue weighted by Crippen LogP contribution is -2.30. The molecule has 6 rings (SSSR count). The summed E-state index contributed by atoms with van der Waals surface area (Å²) in [5.74, 6) is 0.607. The van der Waals surface area contributed by atoms with E-state index in [9.17, 15) is 4.79 Å². The summed E-state index contributed by atoms with van der Waals surface area (Å²) >= 11 is 13.3. The number of hydrogen-bond donors (Lipinski definition) is 0. The van der Waals surface area contributed by atoms with Gasteiger partial charge >= 0.3 is 0 Å². The lowest BCUT2D eigenvalue weighted by atomic mass is 10.1. The second-order valence-electron chi connectivity index (χ2n) is 9.69. The Kier molecular flexibility index (Phi) is 8.51. The molecule has 0 radical (unpaired) electrons. The Labute approximate surface area is 259 Å². The van der Waals surface area contributed by atoms with Gasteiger partial charge in [0.25, 0.3) is 5.91 Å². The second kappa shape index (κ2) is 12.8. The summed E-state index contributed by atoms with van der Waals surface area (Å²) in [6.45, 7) is 0.882. The van der Waals surface area contributed by atoms with Gasteiger partial charge in [-0.2, -0.15) is 5.10 Å². The number of hydrogen-bond acceptors (Lipinski definition) is 5. The molecule has 0 bridgehead atoms. The number of benzene rings is 4. The average molecular weight is 608 g/mol. The molecule has 0 N–H and O–H groups in total. The van der Waals surface area contributed by atoms with Gasteiger partial charge in [0.1, 0.15) is 22.4 Å². The van der Waals surface area contributed by atoms with Crippen molar-refractivity contribution in [1.29, 1.82) is 0 Å². The smallest absolute Gasteiger partial charge is 0.266 e. The Morgan fingerprint density at radius 1 is 0.905 bits per heavy atom. The van der Waals surface area contributed by atoms with Crippen LogP contribution in [-0.4, -0.2) is 31.5 Å². The largest absolute Gasteiger partial charge is 0.489 e. The van der Waals surface area contributed by atoms with Crippen LogP contribution >= 0.6 is 35.6 Å². The van der Waals surface area contributed by atoms with E-state index in [0.717, 1.165) is 34.5 Å². The van der Waals surface area contributed by atoms with Crippen LogP contribution in [0.2, 0.25) is 5.02 Å². The molecule has 4 aromatic carbocycles. The molecule has 1 amide bonds. The minimum Gasteiger partial charge on any atom is -0.489 e. The number of para-hydroxylation sites is 1. The maximum atomic E-state index is 13.5. The van der Waals surface area contributed by atoms with Crippen LogP contribution in [-0.2, 0) is 17.8 Å². The number of aromatic nitrogens is 2. The van der Waals surface area contributed by atoms with Gasteiger partial charge in [-0.25, -0.2) is 4.68 Å². The highest BCUT2D eigenvalue weighted by Crippen LogP contribution is 2.35. The first-order valence-electron chi connectivity index (χ1n) is 13.5. The summed E-state index contributed by atoms with van der Waals surface area (Å²) < 4.78 is 8.48. The van der Waals surface area contributed by atoms with Crippen LogP contribution in [0.3, 0.4) is 0 Å². The molecule has 208 valence electrons. The predicted octanol–water partition coefficient (Wildman–Crippen LogP) is 8.22. The summed E-state index contributed by atoms with van der Waals surface area (Å²) in [6, 6.07) is 35.4. The van der Waals surface area contributed by atoms with Gasteiger partial charge in [0.05, 0.1) is 10.6 Å². The van der Waals surface area contributed by atoms with E-state index in [4.69, 9.17) is 33.7 Å². The third-order valence-electron chi connectivity index (χ3n) is 6.85. The number of amides is 1. The Morgan fingerprint density at radius 2 is 1.64 bits per heavy atom. The van der Waals surface area contributed by atoms with Crippen molar-refractivity contribution in [3.63, 3.8) is 0 Å². The number of carbonyl (C=O) groups excluding carboxylic acids is 1. The molecule has 1 saturated heterocycles. The predicted molar refractivity (Wildman–Crippen MR) is 175 cm³/mol. The molecule has 5 nitrogen and oxygen atoms in total. The van der Waals surface area contributed by atoms with Crippen molar-refractivity contribution >= 4 is 51.9 Å². The molecule has 0 aliphatic carbocycles. The maximum Gasteiger partial charge on any atom is 0.266 e. The van der Waals surface area contributed by atoms with Crippen molar-refractivity contribution in [3.8, 4) is 22.7 Å². The first-order valence-corrected chi connectivity index (χ1v) is 15.1. The lowest BCUT2D eigenvalue weighted by molar-refractivity contribution is -0.122. The number of carbonyl (C=O) groups is 1. The zero-order chi connectivity index (χ0) is 28.9. The SMILES string of the molecule is O=C1C(=Cc2cn(-c3ccccc3)nc2-c2cccc(OCc3ccccc3Cl)c2)SC(=S)N1CCc1ccccc1. The maximum absolute atomic E-state index is 13.5. The summed E-state index contributed by atoms with van der Waals surface area (Å²) in [5, 5.41) is 5.60. The van der Waals surface area contributed by atoms with Crippen molar-refractivity contribution < 1.29 is 9.53 Å². The summed E-state index contributed by atoms with van der Waals surface area (Å²) in [6.07, 6.45) is 4.57. The van der Waals surface area contributed by atoms with Gasteiger partial charge in [0.15, 0.2) is 0 Å². The third-order valence-corrected chi connectivity index (χ3v) is 8.60.